The van der Waals surface area contributed by atoms with Gasteiger partial charge in [0.25, 0.3) is 5.91 Å². The van der Waals surface area contributed by atoms with Crippen molar-refractivity contribution < 1.29 is 14.3 Å². The fourth-order valence-corrected chi connectivity index (χ4v) is 2.25. The number of furan rings is 1. The molecule has 2 rings (SSSR count). The third-order valence-electron chi connectivity index (χ3n) is 3.26. The number of aliphatic hydroxyl groups excluding tert-OH is 1. The standard InChI is InChI=1S/C13H19NO3/c1-3-9-7-12(17-11(9)4-2)13(16)14-6-5-10(15)8-14/h7,10,15H,3-6,8H2,1-2H3/t10-/m1/s1. The third-order valence-corrected chi connectivity index (χ3v) is 3.26. The fraction of sp³-hybridized carbons (Fsp3) is 0.615. The van der Waals surface area contributed by atoms with E-state index in [1.807, 2.05) is 13.0 Å². The molecule has 4 heteroatoms. The van der Waals surface area contributed by atoms with Crippen molar-refractivity contribution in [3.63, 3.8) is 0 Å². The van der Waals surface area contributed by atoms with Crippen LogP contribution in [0.15, 0.2) is 10.5 Å². The molecule has 2 heterocycles. The summed E-state index contributed by atoms with van der Waals surface area (Å²) in [6, 6.07) is 1.84. The van der Waals surface area contributed by atoms with Crippen LogP contribution in [0.25, 0.3) is 0 Å². The Balaban J connectivity index is 2.16. The highest BCUT2D eigenvalue weighted by Gasteiger charge is 2.27. The summed E-state index contributed by atoms with van der Waals surface area (Å²) in [6.45, 7) is 5.11. The summed E-state index contributed by atoms with van der Waals surface area (Å²) < 4.78 is 5.59. The smallest absolute Gasteiger partial charge is 0.289 e. The Morgan fingerprint density at radius 1 is 1.53 bits per heavy atom. The first-order valence-electron chi connectivity index (χ1n) is 6.24. The van der Waals surface area contributed by atoms with Crippen LogP contribution in [0.5, 0.6) is 0 Å². The molecular weight excluding hydrogens is 218 g/mol. The maximum Gasteiger partial charge on any atom is 0.289 e. The summed E-state index contributed by atoms with van der Waals surface area (Å²) in [5.74, 6) is 1.21. The van der Waals surface area contributed by atoms with Crippen LogP contribution in [0.2, 0.25) is 0 Å². The van der Waals surface area contributed by atoms with Crippen LogP contribution in [-0.2, 0) is 12.8 Å². The highest BCUT2D eigenvalue weighted by atomic mass is 16.4. The van der Waals surface area contributed by atoms with Gasteiger partial charge < -0.3 is 14.4 Å². The number of amides is 1. The first-order chi connectivity index (χ1) is 8.15. The zero-order valence-corrected chi connectivity index (χ0v) is 10.4. The van der Waals surface area contributed by atoms with E-state index in [0.717, 1.165) is 24.2 Å². The minimum Gasteiger partial charge on any atom is -0.456 e. The molecule has 94 valence electrons. The first-order valence-corrected chi connectivity index (χ1v) is 6.24. The van der Waals surface area contributed by atoms with Gasteiger partial charge in [-0.05, 0) is 24.5 Å². The van der Waals surface area contributed by atoms with E-state index in [1.54, 1.807) is 4.90 Å². The van der Waals surface area contributed by atoms with E-state index >= 15 is 0 Å². The average molecular weight is 237 g/mol. The van der Waals surface area contributed by atoms with Gasteiger partial charge in [0.05, 0.1) is 6.10 Å². The molecule has 1 aliphatic heterocycles. The summed E-state index contributed by atoms with van der Waals surface area (Å²) in [6.07, 6.45) is 1.96. The zero-order chi connectivity index (χ0) is 12.4. The number of aryl methyl sites for hydroxylation is 2. The Hall–Kier alpha value is -1.29. The van der Waals surface area contributed by atoms with Crippen molar-refractivity contribution >= 4 is 5.91 Å². The predicted molar refractivity (Wildman–Crippen MR) is 64.0 cm³/mol. The van der Waals surface area contributed by atoms with Gasteiger partial charge in [0.1, 0.15) is 5.76 Å². The molecule has 1 amide bonds. The van der Waals surface area contributed by atoms with Crippen LogP contribution in [0.4, 0.5) is 0 Å². The number of carbonyl (C=O) groups is 1. The number of hydrogen-bond acceptors (Lipinski definition) is 3. The molecule has 0 aliphatic carbocycles. The molecule has 1 aliphatic rings. The van der Waals surface area contributed by atoms with Crippen molar-refractivity contribution in [3.8, 4) is 0 Å². The summed E-state index contributed by atoms with van der Waals surface area (Å²) >= 11 is 0. The molecule has 1 aromatic rings. The highest BCUT2D eigenvalue weighted by molar-refractivity contribution is 5.92. The van der Waals surface area contributed by atoms with E-state index in [0.29, 0.717) is 25.3 Å². The number of nitrogens with zero attached hydrogens (tertiary/aromatic N) is 1. The number of carbonyl (C=O) groups excluding carboxylic acids is 1. The molecule has 1 aromatic heterocycles. The zero-order valence-electron chi connectivity index (χ0n) is 10.4. The molecule has 1 saturated heterocycles. The van der Waals surface area contributed by atoms with Gasteiger partial charge in [-0.1, -0.05) is 13.8 Å². The van der Waals surface area contributed by atoms with Crippen molar-refractivity contribution in [3.05, 3.63) is 23.2 Å². The van der Waals surface area contributed by atoms with Gasteiger partial charge >= 0.3 is 0 Å². The largest absolute Gasteiger partial charge is 0.456 e. The van der Waals surface area contributed by atoms with Gasteiger partial charge in [-0.2, -0.15) is 0 Å². The number of rotatable bonds is 3. The van der Waals surface area contributed by atoms with Crippen molar-refractivity contribution in [2.24, 2.45) is 0 Å². The van der Waals surface area contributed by atoms with Crippen LogP contribution in [-0.4, -0.2) is 35.1 Å². The molecule has 0 spiro atoms. The van der Waals surface area contributed by atoms with E-state index in [1.165, 1.54) is 0 Å². The fourth-order valence-electron chi connectivity index (χ4n) is 2.25. The first kappa shape index (κ1) is 12.2. The highest BCUT2D eigenvalue weighted by Crippen LogP contribution is 2.20. The third kappa shape index (κ3) is 2.36. The Bertz CT molecular complexity index is 389. The topological polar surface area (TPSA) is 53.7 Å². The maximum absolute atomic E-state index is 12.1. The number of hydrogen-bond donors (Lipinski definition) is 1. The molecule has 0 unspecified atom stereocenters. The number of aliphatic hydroxyl groups is 1. The van der Waals surface area contributed by atoms with Crippen molar-refractivity contribution in [2.45, 2.75) is 39.2 Å². The van der Waals surface area contributed by atoms with Gasteiger partial charge in [-0.25, -0.2) is 0 Å². The number of likely N-dealkylation sites (tertiary alicyclic amines) is 1. The van der Waals surface area contributed by atoms with Crippen molar-refractivity contribution in [2.75, 3.05) is 13.1 Å². The Kier molecular flexibility index (Phi) is 3.52. The monoisotopic (exact) mass is 237 g/mol. The second kappa shape index (κ2) is 4.92. The van der Waals surface area contributed by atoms with E-state index in [-0.39, 0.29) is 12.0 Å². The van der Waals surface area contributed by atoms with Gasteiger partial charge in [0.2, 0.25) is 0 Å². The van der Waals surface area contributed by atoms with E-state index in [9.17, 15) is 9.90 Å². The molecule has 1 N–H and O–H groups in total. The van der Waals surface area contributed by atoms with Crippen LogP contribution in [0.1, 0.15) is 42.1 Å². The average Bonchev–Trinajstić information content (AvgIpc) is 2.93. The molecule has 4 nitrogen and oxygen atoms in total. The molecule has 1 fully saturated rings. The quantitative estimate of drug-likeness (QED) is 0.869. The Morgan fingerprint density at radius 3 is 2.76 bits per heavy atom. The lowest BCUT2D eigenvalue weighted by Gasteiger charge is -2.13. The molecule has 0 aromatic carbocycles. The van der Waals surface area contributed by atoms with E-state index in [4.69, 9.17) is 4.42 Å². The molecular formula is C13H19NO3. The summed E-state index contributed by atoms with van der Waals surface area (Å²) in [4.78, 5) is 13.8. The van der Waals surface area contributed by atoms with E-state index < -0.39 is 0 Å². The van der Waals surface area contributed by atoms with E-state index in [2.05, 4.69) is 6.92 Å². The van der Waals surface area contributed by atoms with Crippen LogP contribution in [0.3, 0.4) is 0 Å². The Morgan fingerprint density at radius 2 is 2.29 bits per heavy atom. The minimum absolute atomic E-state index is 0.101. The molecule has 1 atom stereocenters. The van der Waals surface area contributed by atoms with Crippen molar-refractivity contribution in [1.29, 1.82) is 0 Å². The lowest BCUT2D eigenvalue weighted by molar-refractivity contribution is 0.0732. The molecule has 0 radical (unpaired) electrons. The van der Waals surface area contributed by atoms with Gasteiger partial charge in [-0.15, -0.1) is 0 Å². The Labute approximate surface area is 101 Å². The molecule has 17 heavy (non-hydrogen) atoms. The second-order valence-corrected chi connectivity index (χ2v) is 4.46. The minimum atomic E-state index is -0.384. The van der Waals surface area contributed by atoms with Gasteiger partial charge in [0.15, 0.2) is 5.76 Å². The number of β-amino-alcohol motifs (C(OH)–C–C–N with tert-alkyl or cyclic N) is 1. The second-order valence-electron chi connectivity index (χ2n) is 4.46. The van der Waals surface area contributed by atoms with Crippen LogP contribution >= 0.6 is 0 Å². The van der Waals surface area contributed by atoms with Crippen molar-refractivity contribution in [1.82, 2.24) is 4.90 Å². The summed E-state index contributed by atoms with van der Waals surface area (Å²) in [7, 11) is 0. The van der Waals surface area contributed by atoms with Gasteiger partial charge in [-0.3, -0.25) is 4.79 Å². The lowest BCUT2D eigenvalue weighted by atomic mass is 10.1. The SMILES string of the molecule is CCc1cc(C(=O)N2CC[C@@H](O)C2)oc1CC. The maximum atomic E-state index is 12.1. The summed E-state index contributed by atoms with van der Waals surface area (Å²) in [5, 5.41) is 9.42. The normalized spacial score (nSPS) is 19.9. The van der Waals surface area contributed by atoms with Gasteiger partial charge in [0, 0.05) is 19.5 Å². The van der Waals surface area contributed by atoms with Crippen LogP contribution in [0, 0.1) is 0 Å². The van der Waals surface area contributed by atoms with Crippen LogP contribution < -0.4 is 0 Å². The molecule has 0 bridgehead atoms. The molecule has 0 saturated carbocycles. The predicted octanol–water partition coefficient (Wildman–Crippen LogP) is 1.61. The lowest BCUT2D eigenvalue weighted by Crippen LogP contribution is -2.29. The summed E-state index contributed by atoms with van der Waals surface area (Å²) in [5.41, 5.74) is 1.11.